The van der Waals surface area contributed by atoms with Gasteiger partial charge in [0.1, 0.15) is 23.1 Å². The Bertz CT molecular complexity index is 883. The van der Waals surface area contributed by atoms with Crippen molar-refractivity contribution >= 4 is 11.6 Å². The quantitative estimate of drug-likeness (QED) is 0.536. The van der Waals surface area contributed by atoms with Gasteiger partial charge in [-0.25, -0.2) is 0 Å². The van der Waals surface area contributed by atoms with Crippen LogP contribution in [0.15, 0.2) is 54.2 Å². The smallest absolute Gasteiger partial charge is 0.267 e. The van der Waals surface area contributed by atoms with Crippen molar-refractivity contribution in [3.8, 4) is 17.6 Å². The van der Waals surface area contributed by atoms with E-state index >= 15 is 0 Å². The fraction of sp³-hybridized carbons (Fsp3) is 0.273. The molecule has 1 unspecified atom stereocenters. The molecule has 2 aromatic rings. The topological polar surface area (TPSA) is 83.4 Å². The molecule has 0 saturated carbocycles. The maximum Gasteiger partial charge on any atom is 0.267 e. The summed E-state index contributed by atoms with van der Waals surface area (Å²) in [5, 5.41) is 15.2. The molecule has 0 fully saturated rings. The van der Waals surface area contributed by atoms with Gasteiger partial charge in [0.2, 0.25) is 0 Å². The van der Waals surface area contributed by atoms with Crippen LogP contribution in [0.5, 0.6) is 11.5 Å². The number of ether oxygens (including phenoxy) is 2. The van der Waals surface area contributed by atoms with E-state index in [4.69, 9.17) is 9.47 Å². The van der Waals surface area contributed by atoms with E-state index in [1.54, 1.807) is 18.2 Å². The van der Waals surface area contributed by atoms with E-state index in [0.29, 0.717) is 17.2 Å². The maximum atomic E-state index is 12.5. The summed E-state index contributed by atoms with van der Waals surface area (Å²) < 4.78 is 10.4. The summed E-state index contributed by atoms with van der Waals surface area (Å²) in [5.74, 6) is 0.514. The van der Waals surface area contributed by atoms with E-state index in [1.807, 2.05) is 25.1 Å². The van der Waals surface area contributed by atoms with E-state index in [-0.39, 0.29) is 11.6 Å². The zero-order valence-electron chi connectivity index (χ0n) is 16.6. The Morgan fingerprint density at radius 2 is 1.89 bits per heavy atom. The number of hydrogen-bond acceptors (Lipinski definition) is 5. The number of anilines is 1. The number of nitriles is 1. The Balaban J connectivity index is 2.11. The van der Waals surface area contributed by atoms with Gasteiger partial charge in [-0.2, -0.15) is 5.26 Å². The summed E-state index contributed by atoms with van der Waals surface area (Å²) in [7, 11) is 3.04. The van der Waals surface area contributed by atoms with Gasteiger partial charge >= 0.3 is 0 Å². The second-order valence-electron chi connectivity index (χ2n) is 6.17. The van der Waals surface area contributed by atoms with Crippen LogP contribution in [0.1, 0.15) is 31.0 Å². The van der Waals surface area contributed by atoms with Gasteiger partial charge in [-0.1, -0.05) is 31.2 Å². The molecule has 1 atom stereocenters. The molecule has 1 amide bonds. The minimum absolute atomic E-state index is 0.0399. The van der Waals surface area contributed by atoms with Crippen LogP contribution in [0.4, 0.5) is 5.69 Å². The Morgan fingerprint density at radius 3 is 2.46 bits per heavy atom. The zero-order chi connectivity index (χ0) is 20.5. The first-order valence-corrected chi connectivity index (χ1v) is 9.00. The second kappa shape index (κ2) is 10.0. The van der Waals surface area contributed by atoms with E-state index in [1.165, 1.54) is 26.0 Å². The lowest BCUT2D eigenvalue weighted by molar-refractivity contribution is -0.112. The molecular formula is C22H25N3O3. The van der Waals surface area contributed by atoms with Crippen molar-refractivity contribution in [1.29, 1.82) is 5.26 Å². The molecule has 2 rings (SSSR count). The van der Waals surface area contributed by atoms with Crippen molar-refractivity contribution in [3.63, 3.8) is 0 Å². The molecule has 0 aliphatic carbocycles. The van der Waals surface area contributed by atoms with Gasteiger partial charge in [-0.15, -0.1) is 0 Å². The number of hydrogen-bond donors (Lipinski definition) is 2. The van der Waals surface area contributed by atoms with Crippen LogP contribution < -0.4 is 20.1 Å². The molecule has 6 nitrogen and oxygen atoms in total. The highest BCUT2D eigenvalue weighted by Crippen LogP contribution is 2.29. The Kier molecular flexibility index (Phi) is 7.46. The molecule has 0 saturated heterocycles. The summed E-state index contributed by atoms with van der Waals surface area (Å²) in [6.07, 6.45) is 2.41. The van der Waals surface area contributed by atoms with Crippen molar-refractivity contribution in [2.24, 2.45) is 0 Å². The standard InChI is InChI=1S/C22H25N3O3/c1-5-16-6-8-17(9-7-16)15(2)24-14-18(13-23)22(26)25-20-12-19(27-3)10-11-21(20)28-4/h6-12,14-15,24H,5H2,1-4H3,(H,25,26)/b18-14-. The summed E-state index contributed by atoms with van der Waals surface area (Å²) in [6.45, 7) is 4.07. The molecule has 0 heterocycles. The van der Waals surface area contributed by atoms with E-state index in [9.17, 15) is 10.1 Å². The number of carbonyl (C=O) groups excluding carboxylic acids is 1. The van der Waals surface area contributed by atoms with Crippen LogP contribution in [-0.4, -0.2) is 20.1 Å². The van der Waals surface area contributed by atoms with Crippen LogP contribution in [0, 0.1) is 11.3 Å². The first-order chi connectivity index (χ1) is 13.5. The lowest BCUT2D eigenvalue weighted by Gasteiger charge is -2.14. The molecular weight excluding hydrogens is 354 g/mol. The van der Waals surface area contributed by atoms with Crippen LogP contribution in [-0.2, 0) is 11.2 Å². The number of methoxy groups -OCH3 is 2. The minimum atomic E-state index is -0.532. The highest BCUT2D eigenvalue weighted by atomic mass is 16.5. The molecule has 2 aromatic carbocycles. The van der Waals surface area contributed by atoms with Gasteiger partial charge < -0.3 is 20.1 Å². The van der Waals surface area contributed by atoms with Crippen molar-refractivity contribution in [2.45, 2.75) is 26.3 Å². The van der Waals surface area contributed by atoms with Gasteiger partial charge in [0.05, 0.1) is 19.9 Å². The molecule has 0 aliphatic heterocycles. The predicted molar refractivity (Wildman–Crippen MR) is 109 cm³/mol. The normalized spacial score (nSPS) is 11.9. The number of benzene rings is 2. The lowest BCUT2D eigenvalue weighted by Crippen LogP contribution is -2.19. The number of rotatable bonds is 8. The van der Waals surface area contributed by atoms with Crippen LogP contribution in [0.3, 0.4) is 0 Å². The maximum absolute atomic E-state index is 12.5. The third kappa shape index (κ3) is 5.27. The Morgan fingerprint density at radius 1 is 1.18 bits per heavy atom. The molecule has 0 bridgehead atoms. The average Bonchev–Trinajstić information content (AvgIpc) is 2.73. The number of nitrogens with one attached hydrogen (secondary N) is 2. The first-order valence-electron chi connectivity index (χ1n) is 9.00. The molecule has 0 radical (unpaired) electrons. The number of carbonyl (C=O) groups is 1. The van der Waals surface area contributed by atoms with Gasteiger partial charge in [0, 0.05) is 18.3 Å². The average molecular weight is 379 g/mol. The molecule has 28 heavy (non-hydrogen) atoms. The monoisotopic (exact) mass is 379 g/mol. The molecule has 146 valence electrons. The van der Waals surface area contributed by atoms with Gasteiger partial charge in [0.25, 0.3) is 5.91 Å². The van der Waals surface area contributed by atoms with E-state index < -0.39 is 5.91 Å². The zero-order valence-corrected chi connectivity index (χ0v) is 16.6. The van der Waals surface area contributed by atoms with E-state index in [0.717, 1.165) is 12.0 Å². The SMILES string of the molecule is CCc1ccc(C(C)N/C=C(/C#N)C(=O)Nc2cc(OC)ccc2OC)cc1. The molecule has 0 aliphatic rings. The van der Waals surface area contributed by atoms with Crippen molar-refractivity contribution < 1.29 is 14.3 Å². The fourth-order valence-corrected chi connectivity index (χ4v) is 2.60. The molecule has 2 N–H and O–H groups in total. The van der Waals surface area contributed by atoms with Gasteiger partial charge in [-0.3, -0.25) is 4.79 Å². The van der Waals surface area contributed by atoms with Crippen LogP contribution in [0.2, 0.25) is 0 Å². The Hall–Kier alpha value is -3.46. The van der Waals surface area contributed by atoms with Crippen LogP contribution >= 0.6 is 0 Å². The minimum Gasteiger partial charge on any atom is -0.497 e. The number of nitrogens with zero attached hydrogens (tertiary/aromatic N) is 1. The third-order valence-electron chi connectivity index (χ3n) is 4.39. The molecule has 6 heteroatoms. The van der Waals surface area contributed by atoms with E-state index in [2.05, 4.69) is 29.7 Å². The number of aryl methyl sites for hydroxylation is 1. The Labute approximate surface area is 165 Å². The third-order valence-corrected chi connectivity index (χ3v) is 4.39. The largest absolute Gasteiger partial charge is 0.497 e. The molecule has 0 aromatic heterocycles. The highest BCUT2D eigenvalue weighted by molar-refractivity contribution is 6.07. The predicted octanol–water partition coefficient (Wildman–Crippen LogP) is 3.96. The summed E-state index contributed by atoms with van der Waals surface area (Å²) in [6, 6.07) is 15.2. The number of amides is 1. The summed E-state index contributed by atoms with van der Waals surface area (Å²) in [5.41, 5.74) is 2.72. The summed E-state index contributed by atoms with van der Waals surface area (Å²) in [4.78, 5) is 12.5. The lowest BCUT2D eigenvalue weighted by atomic mass is 10.1. The van der Waals surface area contributed by atoms with Gasteiger partial charge in [-0.05, 0) is 36.6 Å². The van der Waals surface area contributed by atoms with Crippen LogP contribution in [0.25, 0.3) is 0 Å². The van der Waals surface area contributed by atoms with Crippen molar-refractivity contribution in [2.75, 3.05) is 19.5 Å². The van der Waals surface area contributed by atoms with Gasteiger partial charge in [0.15, 0.2) is 0 Å². The first kappa shape index (κ1) is 20.8. The highest BCUT2D eigenvalue weighted by Gasteiger charge is 2.14. The second-order valence-corrected chi connectivity index (χ2v) is 6.17. The van der Waals surface area contributed by atoms with Crippen molar-refractivity contribution in [3.05, 3.63) is 65.4 Å². The fourth-order valence-electron chi connectivity index (χ4n) is 2.60. The summed E-state index contributed by atoms with van der Waals surface area (Å²) >= 11 is 0. The van der Waals surface area contributed by atoms with Crippen molar-refractivity contribution in [1.82, 2.24) is 5.32 Å². The molecule has 0 spiro atoms.